The molecule has 1 aliphatic rings. The Labute approximate surface area is 135 Å². The van der Waals surface area contributed by atoms with Crippen molar-refractivity contribution in [3.8, 4) is 0 Å². The van der Waals surface area contributed by atoms with E-state index in [0.29, 0.717) is 6.54 Å². The average Bonchev–Trinajstić information content (AvgIpc) is 3.15. The van der Waals surface area contributed by atoms with Crippen molar-refractivity contribution in [3.63, 3.8) is 0 Å². The fraction of sp³-hybridized carbons (Fsp3) is 0.278. The highest BCUT2D eigenvalue weighted by molar-refractivity contribution is 5.88. The van der Waals surface area contributed by atoms with Crippen LogP contribution in [0, 0.1) is 0 Å². The molecule has 0 unspecified atom stereocenters. The van der Waals surface area contributed by atoms with E-state index in [9.17, 15) is 0 Å². The maximum atomic E-state index is 4.59. The summed E-state index contributed by atoms with van der Waals surface area (Å²) in [5.41, 5.74) is 2.10. The van der Waals surface area contributed by atoms with Gasteiger partial charge >= 0.3 is 0 Å². The second-order valence-electron chi connectivity index (χ2n) is 5.81. The van der Waals surface area contributed by atoms with E-state index in [0.717, 1.165) is 41.2 Å². The van der Waals surface area contributed by atoms with Crippen LogP contribution in [0.3, 0.4) is 0 Å². The first kappa shape index (κ1) is 13.9. The van der Waals surface area contributed by atoms with Crippen LogP contribution in [0.15, 0.2) is 48.9 Å². The van der Waals surface area contributed by atoms with E-state index in [1.165, 1.54) is 12.8 Å². The third kappa shape index (κ3) is 2.95. The van der Waals surface area contributed by atoms with Gasteiger partial charge in [0, 0.05) is 31.2 Å². The molecule has 23 heavy (non-hydrogen) atoms. The summed E-state index contributed by atoms with van der Waals surface area (Å²) in [6.45, 7) is 2.95. The highest BCUT2D eigenvalue weighted by atomic mass is 15.2. The van der Waals surface area contributed by atoms with Crippen molar-refractivity contribution in [2.45, 2.75) is 19.4 Å². The van der Waals surface area contributed by atoms with Crippen molar-refractivity contribution in [2.24, 2.45) is 0 Å². The predicted molar refractivity (Wildman–Crippen MR) is 92.5 cm³/mol. The maximum absolute atomic E-state index is 4.59. The molecule has 0 radical (unpaired) electrons. The topological polar surface area (TPSA) is 53.9 Å². The lowest BCUT2D eigenvalue weighted by Gasteiger charge is -2.16. The predicted octanol–water partition coefficient (Wildman–Crippen LogP) is 3.24. The fourth-order valence-corrected chi connectivity index (χ4v) is 2.99. The smallest absolute Gasteiger partial charge is 0.137 e. The molecule has 2 aromatic heterocycles. The molecule has 1 aromatic carbocycles. The zero-order chi connectivity index (χ0) is 15.5. The van der Waals surface area contributed by atoms with Gasteiger partial charge in [0.15, 0.2) is 0 Å². The molecule has 1 aliphatic heterocycles. The van der Waals surface area contributed by atoms with Crippen molar-refractivity contribution in [1.82, 2.24) is 15.0 Å². The molecule has 1 fully saturated rings. The molecule has 5 heteroatoms. The number of hydrogen-bond donors (Lipinski definition) is 1. The molecule has 0 amide bonds. The average molecular weight is 305 g/mol. The third-order valence-electron chi connectivity index (χ3n) is 4.24. The van der Waals surface area contributed by atoms with Crippen LogP contribution < -0.4 is 10.2 Å². The van der Waals surface area contributed by atoms with Crippen molar-refractivity contribution < 1.29 is 0 Å². The molecule has 5 nitrogen and oxygen atoms in total. The summed E-state index contributed by atoms with van der Waals surface area (Å²) >= 11 is 0. The quantitative estimate of drug-likeness (QED) is 0.802. The van der Waals surface area contributed by atoms with Crippen molar-refractivity contribution in [3.05, 3.63) is 54.5 Å². The van der Waals surface area contributed by atoms with E-state index in [2.05, 4.69) is 37.3 Å². The number of para-hydroxylation sites is 1. The van der Waals surface area contributed by atoms with Gasteiger partial charge in [0.1, 0.15) is 18.0 Å². The van der Waals surface area contributed by atoms with Gasteiger partial charge in [-0.2, -0.15) is 0 Å². The van der Waals surface area contributed by atoms with Gasteiger partial charge in [-0.15, -0.1) is 0 Å². The number of hydrogen-bond acceptors (Lipinski definition) is 5. The second kappa shape index (κ2) is 6.20. The second-order valence-corrected chi connectivity index (χ2v) is 5.81. The lowest BCUT2D eigenvalue weighted by Crippen LogP contribution is -2.18. The molecule has 1 N–H and O–H groups in total. The summed E-state index contributed by atoms with van der Waals surface area (Å²) < 4.78 is 0. The van der Waals surface area contributed by atoms with E-state index in [4.69, 9.17) is 0 Å². The van der Waals surface area contributed by atoms with Crippen LogP contribution in [0.1, 0.15) is 18.4 Å². The molecular formula is C18H19N5. The van der Waals surface area contributed by atoms with Gasteiger partial charge in [0.05, 0.1) is 5.52 Å². The Kier molecular flexibility index (Phi) is 3.76. The zero-order valence-corrected chi connectivity index (χ0v) is 12.9. The van der Waals surface area contributed by atoms with Gasteiger partial charge in [-0.1, -0.05) is 18.2 Å². The number of pyridine rings is 1. The van der Waals surface area contributed by atoms with E-state index in [-0.39, 0.29) is 0 Å². The largest absolute Gasteiger partial charge is 0.365 e. The minimum Gasteiger partial charge on any atom is -0.365 e. The Balaban J connectivity index is 1.48. The number of fused-ring (bicyclic) bond motifs is 1. The first-order valence-corrected chi connectivity index (χ1v) is 8.04. The minimum absolute atomic E-state index is 0.703. The maximum Gasteiger partial charge on any atom is 0.137 e. The van der Waals surface area contributed by atoms with Crippen molar-refractivity contribution >= 4 is 22.5 Å². The van der Waals surface area contributed by atoms with Gasteiger partial charge in [0.25, 0.3) is 0 Å². The number of nitrogens with one attached hydrogen (secondary N) is 1. The Hall–Kier alpha value is -2.69. The SMILES string of the molecule is c1ccc2c(NCc3ccc(N4CCCC4)nc3)ncnc2c1. The van der Waals surface area contributed by atoms with Crippen molar-refractivity contribution in [2.75, 3.05) is 23.3 Å². The number of benzene rings is 1. The Morgan fingerprint density at radius 3 is 2.65 bits per heavy atom. The molecule has 116 valence electrons. The fourth-order valence-electron chi connectivity index (χ4n) is 2.99. The zero-order valence-electron chi connectivity index (χ0n) is 12.9. The summed E-state index contributed by atoms with van der Waals surface area (Å²) in [4.78, 5) is 15.6. The van der Waals surface area contributed by atoms with Crippen molar-refractivity contribution in [1.29, 1.82) is 0 Å². The highest BCUT2D eigenvalue weighted by Gasteiger charge is 2.13. The van der Waals surface area contributed by atoms with Gasteiger partial charge in [0.2, 0.25) is 0 Å². The van der Waals surface area contributed by atoms with E-state index >= 15 is 0 Å². The molecule has 0 atom stereocenters. The Bertz CT molecular complexity index is 789. The van der Waals surface area contributed by atoms with Gasteiger partial charge in [-0.05, 0) is 36.6 Å². The van der Waals surface area contributed by atoms with Gasteiger partial charge in [-0.3, -0.25) is 0 Å². The summed E-state index contributed by atoms with van der Waals surface area (Å²) in [6, 6.07) is 12.3. The van der Waals surface area contributed by atoms with E-state index in [1.807, 2.05) is 30.5 Å². The summed E-state index contributed by atoms with van der Waals surface area (Å²) in [5.74, 6) is 1.94. The lowest BCUT2D eigenvalue weighted by molar-refractivity contribution is 0.932. The number of aromatic nitrogens is 3. The molecule has 0 saturated carbocycles. The number of rotatable bonds is 4. The molecule has 4 rings (SSSR count). The molecule has 1 saturated heterocycles. The van der Waals surface area contributed by atoms with E-state index in [1.54, 1.807) is 6.33 Å². The summed E-state index contributed by atoms with van der Waals surface area (Å²) in [5, 5.41) is 4.43. The third-order valence-corrected chi connectivity index (χ3v) is 4.24. The summed E-state index contributed by atoms with van der Waals surface area (Å²) in [7, 11) is 0. The molecule has 3 heterocycles. The normalized spacial score (nSPS) is 14.3. The van der Waals surface area contributed by atoms with Gasteiger partial charge < -0.3 is 10.2 Å². The first-order chi connectivity index (χ1) is 11.4. The number of nitrogens with zero attached hydrogens (tertiary/aromatic N) is 4. The molecular weight excluding hydrogens is 286 g/mol. The Morgan fingerprint density at radius 1 is 0.957 bits per heavy atom. The van der Waals surface area contributed by atoms with Crippen LogP contribution in [-0.2, 0) is 6.54 Å². The van der Waals surface area contributed by atoms with Crippen LogP contribution in [0.2, 0.25) is 0 Å². The van der Waals surface area contributed by atoms with Crippen LogP contribution >= 0.6 is 0 Å². The summed E-state index contributed by atoms with van der Waals surface area (Å²) in [6.07, 6.45) is 6.08. The number of anilines is 2. The lowest BCUT2D eigenvalue weighted by atomic mass is 10.2. The molecule has 0 spiro atoms. The molecule has 0 bridgehead atoms. The first-order valence-electron chi connectivity index (χ1n) is 8.04. The van der Waals surface area contributed by atoms with Crippen LogP contribution in [-0.4, -0.2) is 28.0 Å². The standard InChI is InChI=1S/C18H19N5/c1-2-6-16-15(5-1)18(22-13-21-16)20-12-14-7-8-17(19-11-14)23-9-3-4-10-23/h1-2,5-8,11,13H,3-4,9-10,12H2,(H,20,21,22). The Morgan fingerprint density at radius 2 is 1.83 bits per heavy atom. The van der Waals surface area contributed by atoms with Crippen LogP contribution in [0.5, 0.6) is 0 Å². The molecule has 0 aliphatic carbocycles. The highest BCUT2D eigenvalue weighted by Crippen LogP contribution is 2.20. The van der Waals surface area contributed by atoms with Crippen LogP contribution in [0.25, 0.3) is 10.9 Å². The van der Waals surface area contributed by atoms with Gasteiger partial charge in [-0.25, -0.2) is 15.0 Å². The monoisotopic (exact) mass is 305 g/mol. The minimum atomic E-state index is 0.703. The van der Waals surface area contributed by atoms with Crippen LogP contribution in [0.4, 0.5) is 11.6 Å². The molecule has 3 aromatic rings. The van der Waals surface area contributed by atoms with E-state index < -0.39 is 0 Å².